The zero-order chi connectivity index (χ0) is 10.7. The summed E-state index contributed by atoms with van der Waals surface area (Å²) >= 11 is 0. The average Bonchev–Trinajstić information content (AvgIpc) is 3.03. The molecule has 2 aliphatic rings. The predicted octanol–water partition coefficient (Wildman–Crippen LogP) is 0.919. The largest absolute Gasteiger partial charge is 0.335 e. The Morgan fingerprint density at radius 1 is 1.27 bits per heavy atom. The number of nitrogens with one attached hydrogen (secondary N) is 1. The van der Waals surface area contributed by atoms with E-state index in [1.165, 1.54) is 0 Å². The maximum absolute atomic E-state index is 11.7. The van der Waals surface area contributed by atoms with Crippen molar-refractivity contribution in [2.24, 2.45) is 11.7 Å². The number of carbonyl (C=O) groups is 1. The van der Waals surface area contributed by atoms with Crippen molar-refractivity contribution < 1.29 is 4.79 Å². The molecular formula is C11H21N3O. The summed E-state index contributed by atoms with van der Waals surface area (Å²) in [4.78, 5) is 13.7. The van der Waals surface area contributed by atoms with Crippen LogP contribution in [0.5, 0.6) is 0 Å². The Morgan fingerprint density at radius 2 is 1.93 bits per heavy atom. The topological polar surface area (TPSA) is 58.4 Å². The fourth-order valence-corrected chi connectivity index (χ4v) is 2.15. The Hall–Kier alpha value is -0.770. The number of rotatable bonds is 3. The van der Waals surface area contributed by atoms with Crippen LogP contribution in [0, 0.1) is 5.92 Å². The third-order valence-corrected chi connectivity index (χ3v) is 3.38. The molecule has 4 nitrogen and oxygen atoms in total. The van der Waals surface area contributed by atoms with E-state index in [1.807, 2.05) is 4.90 Å². The number of amides is 2. The van der Waals surface area contributed by atoms with Crippen LogP contribution < -0.4 is 11.1 Å². The van der Waals surface area contributed by atoms with E-state index in [2.05, 4.69) is 5.32 Å². The SMILES string of the molecule is NCCC1CCN(C(=O)NC2CC2)CC1. The van der Waals surface area contributed by atoms with Crippen molar-refractivity contribution >= 4 is 6.03 Å². The van der Waals surface area contributed by atoms with Gasteiger partial charge in [-0.3, -0.25) is 0 Å². The van der Waals surface area contributed by atoms with Crippen LogP contribution in [0.1, 0.15) is 32.1 Å². The normalized spacial score (nSPS) is 22.9. The number of nitrogens with two attached hydrogens (primary N) is 1. The van der Waals surface area contributed by atoms with Gasteiger partial charge < -0.3 is 16.0 Å². The molecule has 1 saturated heterocycles. The Balaban J connectivity index is 1.69. The van der Waals surface area contributed by atoms with Crippen molar-refractivity contribution in [1.82, 2.24) is 10.2 Å². The van der Waals surface area contributed by atoms with E-state index in [0.29, 0.717) is 6.04 Å². The molecule has 1 heterocycles. The minimum Gasteiger partial charge on any atom is -0.335 e. The summed E-state index contributed by atoms with van der Waals surface area (Å²) in [6, 6.07) is 0.614. The summed E-state index contributed by atoms with van der Waals surface area (Å²) in [7, 11) is 0. The number of hydrogen-bond donors (Lipinski definition) is 2. The molecule has 0 atom stereocenters. The maximum atomic E-state index is 11.7. The summed E-state index contributed by atoms with van der Waals surface area (Å²) in [5.74, 6) is 0.736. The molecule has 0 aromatic carbocycles. The van der Waals surface area contributed by atoms with E-state index >= 15 is 0 Å². The van der Waals surface area contributed by atoms with E-state index < -0.39 is 0 Å². The molecule has 4 heteroatoms. The van der Waals surface area contributed by atoms with Crippen LogP contribution in [-0.2, 0) is 0 Å². The first kappa shape index (κ1) is 10.7. The van der Waals surface area contributed by atoms with Crippen LogP contribution in [0.15, 0.2) is 0 Å². The fourth-order valence-electron chi connectivity index (χ4n) is 2.15. The maximum Gasteiger partial charge on any atom is 0.317 e. The molecule has 2 rings (SSSR count). The van der Waals surface area contributed by atoms with E-state index in [9.17, 15) is 4.79 Å². The Labute approximate surface area is 91.2 Å². The predicted molar refractivity (Wildman–Crippen MR) is 59.5 cm³/mol. The van der Waals surface area contributed by atoms with Gasteiger partial charge in [0, 0.05) is 19.1 Å². The van der Waals surface area contributed by atoms with Crippen molar-refractivity contribution in [1.29, 1.82) is 0 Å². The minimum absolute atomic E-state index is 0.142. The third kappa shape index (κ3) is 3.09. The molecule has 3 N–H and O–H groups in total. The second kappa shape index (κ2) is 4.84. The fraction of sp³-hybridized carbons (Fsp3) is 0.909. The Kier molecular flexibility index (Phi) is 3.46. The summed E-state index contributed by atoms with van der Waals surface area (Å²) in [5.41, 5.74) is 5.54. The van der Waals surface area contributed by atoms with Crippen molar-refractivity contribution in [3.8, 4) is 0 Å². The van der Waals surface area contributed by atoms with Gasteiger partial charge in [0.1, 0.15) is 0 Å². The zero-order valence-electron chi connectivity index (χ0n) is 9.24. The summed E-state index contributed by atoms with van der Waals surface area (Å²) in [6.45, 7) is 2.59. The number of likely N-dealkylation sites (tertiary alicyclic amines) is 1. The van der Waals surface area contributed by atoms with Gasteiger partial charge in [-0.1, -0.05) is 0 Å². The lowest BCUT2D eigenvalue weighted by atomic mass is 9.94. The molecule has 1 aliphatic heterocycles. The Morgan fingerprint density at radius 3 is 2.47 bits per heavy atom. The van der Waals surface area contributed by atoms with E-state index in [4.69, 9.17) is 5.73 Å². The number of carbonyl (C=O) groups excluding carboxylic acids is 1. The van der Waals surface area contributed by atoms with Gasteiger partial charge >= 0.3 is 6.03 Å². The monoisotopic (exact) mass is 211 g/mol. The lowest BCUT2D eigenvalue weighted by Crippen LogP contribution is -2.45. The first-order valence-corrected chi connectivity index (χ1v) is 6.05. The van der Waals surface area contributed by atoms with E-state index in [0.717, 1.165) is 57.7 Å². The molecule has 2 fully saturated rings. The van der Waals surface area contributed by atoms with Crippen molar-refractivity contribution in [2.45, 2.75) is 38.1 Å². The zero-order valence-corrected chi connectivity index (χ0v) is 9.24. The van der Waals surface area contributed by atoms with Crippen LogP contribution in [0.4, 0.5) is 4.79 Å². The second-order valence-electron chi connectivity index (χ2n) is 4.73. The molecule has 0 aromatic heterocycles. The van der Waals surface area contributed by atoms with Crippen LogP contribution >= 0.6 is 0 Å². The molecule has 0 bridgehead atoms. The molecule has 1 saturated carbocycles. The molecule has 0 aromatic rings. The van der Waals surface area contributed by atoms with Crippen molar-refractivity contribution in [3.05, 3.63) is 0 Å². The quantitative estimate of drug-likeness (QED) is 0.729. The number of piperidine rings is 1. The molecule has 1 aliphatic carbocycles. The highest BCUT2D eigenvalue weighted by Crippen LogP contribution is 2.22. The second-order valence-corrected chi connectivity index (χ2v) is 4.73. The molecule has 0 unspecified atom stereocenters. The van der Waals surface area contributed by atoms with Gasteiger partial charge in [-0.05, 0) is 44.6 Å². The highest BCUT2D eigenvalue weighted by atomic mass is 16.2. The van der Waals surface area contributed by atoms with Crippen LogP contribution in [0.3, 0.4) is 0 Å². The van der Waals surface area contributed by atoms with Gasteiger partial charge in [0.2, 0.25) is 0 Å². The highest BCUT2D eigenvalue weighted by molar-refractivity contribution is 5.74. The smallest absolute Gasteiger partial charge is 0.317 e. The van der Waals surface area contributed by atoms with Gasteiger partial charge in [-0.15, -0.1) is 0 Å². The number of nitrogens with zero attached hydrogens (tertiary/aromatic N) is 1. The standard InChI is InChI=1S/C11H21N3O/c12-6-3-9-4-7-14(8-5-9)11(15)13-10-1-2-10/h9-10H,1-8,12H2,(H,13,15). The lowest BCUT2D eigenvalue weighted by molar-refractivity contribution is 0.168. The van der Waals surface area contributed by atoms with Crippen LogP contribution in [-0.4, -0.2) is 36.6 Å². The van der Waals surface area contributed by atoms with Gasteiger partial charge in [-0.2, -0.15) is 0 Å². The third-order valence-electron chi connectivity index (χ3n) is 3.38. The summed E-state index contributed by atoms with van der Waals surface area (Å²) in [6.07, 6.45) is 5.67. The van der Waals surface area contributed by atoms with Gasteiger partial charge in [0.15, 0.2) is 0 Å². The first-order valence-electron chi connectivity index (χ1n) is 6.05. The van der Waals surface area contributed by atoms with E-state index in [-0.39, 0.29) is 6.03 Å². The first-order chi connectivity index (χ1) is 7.29. The molecule has 0 radical (unpaired) electrons. The summed E-state index contributed by atoms with van der Waals surface area (Å²) < 4.78 is 0. The average molecular weight is 211 g/mol. The van der Waals surface area contributed by atoms with Crippen LogP contribution in [0.25, 0.3) is 0 Å². The minimum atomic E-state index is 0.142. The highest BCUT2D eigenvalue weighted by Gasteiger charge is 2.27. The molecule has 15 heavy (non-hydrogen) atoms. The lowest BCUT2D eigenvalue weighted by Gasteiger charge is -2.31. The van der Waals surface area contributed by atoms with Gasteiger partial charge in [0.05, 0.1) is 0 Å². The number of hydrogen-bond acceptors (Lipinski definition) is 2. The number of urea groups is 1. The molecule has 86 valence electrons. The van der Waals surface area contributed by atoms with Crippen molar-refractivity contribution in [3.63, 3.8) is 0 Å². The van der Waals surface area contributed by atoms with Crippen LogP contribution in [0.2, 0.25) is 0 Å². The van der Waals surface area contributed by atoms with Crippen molar-refractivity contribution in [2.75, 3.05) is 19.6 Å². The van der Waals surface area contributed by atoms with Gasteiger partial charge in [0.25, 0.3) is 0 Å². The molecule has 0 spiro atoms. The molecular weight excluding hydrogens is 190 g/mol. The summed E-state index contributed by atoms with van der Waals surface area (Å²) in [5, 5.41) is 3.03. The Bertz CT molecular complexity index is 220. The van der Waals surface area contributed by atoms with E-state index in [1.54, 1.807) is 0 Å². The molecule has 2 amide bonds. The van der Waals surface area contributed by atoms with Gasteiger partial charge in [-0.25, -0.2) is 4.79 Å².